The van der Waals surface area contributed by atoms with Gasteiger partial charge in [0.05, 0.1) is 5.60 Å². The third-order valence-corrected chi connectivity index (χ3v) is 3.18. The second-order valence-electron chi connectivity index (χ2n) is 4.71. The zero-order valence-electron chi connectivity index (χ0n) is 9.60. The standard InChI is InChI=1S/C13H16FNO2/c14-12-4-2-11(3-5-12)8-13(17)6-1-7-15(9-13)10-16/h2-5,10,17H,1,6-9H2. The zero-order chi connectivity index (χ0) is 12.3. The summed E-state index contributed by atoms with van der Waals surface area (Å²) in [7, 11) is 0. The average Bonchev–Trinajstić information content (AvgIpc) is 2.32. The molecule has 17 heavy (non-hydrogen) atoms. The van der Waals surface area contributed by atoms with E-state index >= 15 is 0 Å². The van der Waals surface area contributed by atoms with Crippen LogP contribution in [0.1, 0.15) is 18.4 Å². The van der Waals surface area contributed by atoms with Gasteiger partial charge in [0.1, 0.15) is 5.82 Å². The molecular weight excluding hydrogens is 221 g/mol. The number of likely N-dealkylation sites (tertiary alicyclic amines) is 1. The van der Waals surface area contributed by atoms with E-state index in [2.05, 4.69) is 0 Å². The molecule has 1 amide bonds. The van der Waals surface area contributed by atoms with Crippen LogP contribution in [0.2, 0.25) is 0 Å². The van der Waals surface area contributed by atoms with Crippen molar-refractivity contribution in [3.8, 4) is 0 Å². The van der Waals surface area contributed by atoms with E-state index in [4.69, 9.17) is 0 Å². The van der Waals surface area contributed by atoms with Crippen molar-refractivity contribution in [3.63, 3.8) is 0 Å². The Kier molecular flexibility index (Phi) is 3.43. The Balaban J connectivity index is 2.05. The first-order valence-electron chi connectivity index (χ1n) is 5.77. The second-order valence-corrected chi connectivity index (χ2v) is 4.71. The number of benzene rings is 1. The number of aliphatic hydroxyl groups is 1. The van der Waals surface area contributed by atoms with Gasteiger partial charge in [0.15, 0.2) is 0 Å². The molecule has 1 aliphatic heterocycles. The van der Waals surface area contributed by atoms with E-state index in [9.17, 15) is 14.3 Å². The molecule has 0 aliphatic carbocycles. The molecule has 1 atom stereocenters. The SMILES string of the molecule is O=CN1CCCC(O)(Cc2ccc(F)cc2)C1. The maximum Gasteiger partial charge on any atom is 0.209 e. The molecule has 1 N–H and O–H groups in total. The number of carbonyl (C=O) groups excluding carboxylic acids is 1. The predicted molar refractivity (Wildman–Crippen MR) is 61.9 cm³/mol. The number of hydrogen-bond acceptors (Lipinski definition) is 2. The number of hydrogen-bond donors (Lipinski definition) is 1. The molecule has 1 aliphatic rings. The third kappa shape index (κ3) is 3.03. The summed E-state index contributed by atoms with van der Waals surface area (Å²) in [4.78, 5) is 12.3. The number of rotatable bonds is 3. The minimum absolute atomic E-state index is 0.279. The van der Waals surface area contributed by atoms with Crippen molar-refractivity contribution < 1.29 is 14.3 Å². The van der Waals surface area contributed by atoms with Crippen LogP contribution in [-0.4, -0.2) is 35.1 Å². The number of halogens is 1. The van der Waals surface area contributed by atoms with Gasteiger partial charge in [0.25, 0.3) is 0 Å². The molecular formula is C13H16FNO2. The Morgan fingerprint density at radius 3 is 2.76 bits per heavy atom. The van der Waals surface area contributed by atoms with Gasteiger partial charge in [0, 0.05) is 19.5 Å². The summed E-state index contributed by atoms with van der Waals surface area (Å²) in [6.07, 6.45) is 2.71. The molecule has 1 aromatic rings. The highest BCUT2D eigenvalue weighted by Crippen LogP contribution is 2.24. The van der Waals surface area contributed by atoms with Crippen molar-refractivity contribution in [1.29, 1.82) is 0 Å². The van der Waals surface area contributed by atoms with Crippen molar-refractivity contribution in [2.24, 2.45) is 0 Å². The van der Waals surface area contributed by atoms with Gasteiger partial charge in [-0.15, -0.1) is 0 Å². The van der Waals surface area contributed by atoms with Gasteiger partial charge in [-0.25, -0.2) is 4.39 Å². The molecule has 1 aromatic carbocycles. The Hall–Kier alpha value is -1.42. The van der Waals surface area contributed by atoms with Gasteiger partial charge in [-0.1, -0.05) is 12.1 Å². The van der Waals surface area contributed by atoms with Gasteiger partial charge in [-0.05, 0) is 30.5 Å². The molecule has 3 nitrogen and oxygen atoms in total. The summed E-state index contributed by atoms with van der Waals surface area (Å²) >= 11 is 0. The fraction of sp³-hybridized carbons (Fsp3) is 0.462. The first-order chi connectivity index (χ1) is 8.11. The third-order valence-electron chi connectivity index (χ3n) is 3.18. The molecule has 0 aromatic heterocycles. The van der Waals surface area contributed by atoms with E-state index in [1.54, 1.807) is 17.0 Å². The van der Waals surface area contributed by atoms with Crippen LogP contribution in [0.4, 0.5) is 4.39 Å². The van der Waals surface area contributed by atoms with E-state index in [-0.39, 0.29) is 5.82 Å². The van der Waals surface area contributed by atoms with Crippen molar-refractivity contribution in [1.82, 2.24) is 4.90 Å². The van der Waals surface area contributed by atoms with Crippen LogP contribution in [0.25, 0.3) is 0 Å². The summed E-state index contributed by atoms with van der Waals surface area (Å²) in [6.45, 7) is 1.06. The minimum atomic E-state index is -0.878. The highest BCUT2D eigenvalue weighted by atomic mass is 19.1. The highest BCUT2D eigenvalue weighted by Gasteiger charge is 2.32. The lowest BCUT2D eigenvalue weighted by Gasteiger charge is -2.37. The quantitative estimate of drug-likeness (QED) is 0.806. The lowest BCUT2D eigenvalue weighted by Crippen LogP contribution is -2.48. The predicted octanol–water partition coefficient (Wildman–Crippen LogP) is 1.35. The molecule has 0 saturated carbocycles. The van der Waals surface area contributed by atoms with Crippen molar-refractivity contribution in [3.05, 3.63) is 35.6 Å². The van der Waals surface area contributed by atoms with Crippen LogP contribution in [-0.2, 0) is 11.2 Å². The molecule has 4 heteroatoms. The van der Waals surface area contributed by atoms with E-state index in [0.717, 1.165) is 18.4 Å². The topological polar surface area (TPSA) is 40.5 Å². The molecule has 1 fully saturated rings. The molecule has 1 unspecified atom stereocenters. The van der Waals surface area contributed by atoms with Gasteiger partial charge >= 0.3 is 0 Å². The van der Waals surface area contributed by atoms with Crippen LogP contribution in [0.5, 0.6) is 0 Å². The van der Waals surface area contributed by atoms with Crippen molar-refractivity contribution >= 4 is 6.41 Å². The van der Waals surface area contributed by atoms with Crippen molar-refractivity contribution in [2.75, 3.05) is 13.1 Å². The fourth-order valence-electron chi connectivity index (χ4n) is 2.36. The van der Waals surface area contributed by atoms with Crippen LogP contribution >= 0.6 is 0 Å². The van der Waals surface area contributed by atoms with Gasteiger partial charge in [-0.3, -0.25) is 4.79 Å². The Morgan fingerprint density at radius 1 is 1.41 bits per heavy atom. The molecule has 0 radical (unpaired) electrons. The lowest BCUT2D eigenvalue weighted by atomic mass is 9.87. The molecule has 0 bridgehead atoms. The summed E-state index contributed by atoms with van der Waals surface area (Å²) in [5.74, 6) is -0.279. The van der Waals surface area contributed by atoms with Gasteiger partial charge in [-0.2, -0.15) is 0 Å². The molecule has 1 heterocycles. The highest BCUT2D eigenvalue weighted by molar-refractivity contribution is 5.47. The summed E-state index contributed by atoms with van der Waals surface area (Å²) in [5.41, 5.74) is 0.0124. The smallest absolute Gasteiger partial charge is 0.209 e. The summed E-state index contributed by atoms with van der Waals surface area (Å²) < 4.78 is 12.8. The van der Waals surface area contributed by atoms with E-state index in [1.165, 1.54) is 12.1 Å². The van der Waals surface area contributed by atoms with E-state index in [1.807, 2.05) is 0 Å². The first kappa shape index (κ1) is 12.0. The lowest BCUT2D eigenvalue weighted by molar-refractivity contribution is -0.125. The van der Waals surface area contributed by atoms with Crippen LogP contribution < -0.4 is 0 Å². The maximum atomic E-state index is 12.8. The summed E-state index contributed by atoms with van der Waals surface area (Å²) in [5, 5.41) is 10.4. The van der Waals surface area contributed by atoms with E-state index < -0.39 is 5.60 Å². The Bertz CT molecular complexity index is 393. The molecule has 0 spiro atoms. The largest absolute Gasteiger partial charge is 0.388 e. The monoisotopic (exact) mass is 237 g/mol. The Labute approximate surface area is 99.9 Å². The fourth-order valence-corrected chi connectivity index (χ4v) is 2.36. The van der Waals surface area contributed by atoms with Crippen molar-refractivity contribution in [2.45, 2.75) is 24.9 Å². The minimum Gasteiger partial charge on any atom is -0.388 e. The molecule has 2 rings (SSSR count). The second kappa shape index (κ2) is 4.84. The number of nitrogens with zero attached hydrogens (tertiary/aromatic N) is 1. The number of β-amino-alcohol motifs (C(OH)–C–C–N with tert-alkyl or cyclic N) is 1. The average molecular weight is 237 g/mol. The molecule has 1 saturated heterocycles. The molecule has 92 valence electrons. The van der Waals surface area contributed by atoms with Gasteiger partial charge in [0.2, 0.25) is 6.41 Å². The van der Waals surface area contributed by atoms with E-state index in [0.29, 0.717) is 25.9 Å². The summed E-state index contributed by atoms with van der Waals surface area (Å²) in [6, 6.07) is 6.12. The first-order valence-corrected chi connectivity index (χ1v) is 5.77. The van der Waals surface area contributed by atoms with Crippen LogP contribution in [0.3, 0.4) is 0 Å². The zero-order valence-corrected chi connectivity index (χ0v) is 9.60. The Morgan fingerprint density at radius 2 is 2.12 bits per heavy atom. The number of piperidine rings is 1. The normalized spacial score (nSPS) is 24.7. The number of carbonyl (C=O) groups is 1. The van der Waals surface area contributed by atoms with Crippen LogP contribution in [0, 0.1) is 5.82 Å². The maximum absolute atomic E-state index is 12.8. The van der Waals surface area contributed by atoms with Gasteiger partial charge < -0.3 is 10.0 Å². The number of amides is 1. The van der Waals surface area contributed by atoms with Crippen LogP contribution in [0.15, 0.2) is 24.3 Å².